The third kappa shape index (κ3) is 11.2. The summed E-state index contributed by atoms with van der Waals surface area (Å²) in [7, 11) is 0. The first-order chi connectivity index (χ1) is 13.5. The zero-order chi connectivity index (χ0) is 20.8. The van der Waals surface area contributed by atoms with Gasteiger partial charge < -0.3 is 21.6 Å². The van der Waals surface area contributed by atoms with Gasteiger partial charge in [-0.25, -0.2) is 4.79 Å². The van der Waals surface area contributed by atoms with Crippen molar-refractivity contribution < 1.29 is 26.4 Å². The number of hydrogen-bond acceptors (Lipinski definition) is 2. The van der Waals surface area contributed by atoms with E-state index in [1.54, 1.807) is 0 Å². The van der Waals surface area contributed by atoms with Gasteiger partial charge in [-0.05, 0) is 51.3 Å². The van der Waals surface area contributed by atoms with E-state index < -0.39 is 0 Å². The number of esters is 1. The van der Waals surface area contributed by atoms with Crippen molar-refractivity contribution in [1.82, 2.24) is 0 Å². The van der Waals surface area contributed by atoms with Crippen molar-refractivity contribution in [2.45, 2.75) is 66.2 Å². The van der Waals surface area contributed by atoms with Crippen LogP contribution in [0.4, 0.5) is 0 Å². The number of ether oxygens (including phenoxy) is 1. The Hall–Kier alpha value is -0.840. The van der Waals surface area contributed by atoms with Gasteiger partial charge in [0.2, 0.25) is 0 Å². The monoisotopic (exact) mass is 487 g/mol. The zero-order valence-corrected chi connectivity index (χ0v) is 21.0. The molecule has 0 aliphatic carbocycles. The summed E-state index contributed by atoms with van der Waals surface area (Å²) in [5.41, 5.74) is 2.63. The highest BCUT2D eigenvalue weighted by Crippen LogP contribution is 2.19. The third-order valence-corrected chi connectivity index (χ3v) is 6.34. The second-order valence-corrected chi connectivity index (χ2v) is 8.62. The highest BCUT2D eigenvalue weighted by atomic mass is 79.9. The number of unbranched alkanes of at least 4 members (excludes halogenated alkanes) is 4. The Bertz CT molecular complexity index is 615. The maximum Gasteiger partial charge on any atom is 0.361 e. The first-order valence-corrected chi connectivity index (χ1v) is 11.7. The Balaban J connectivity index is 0.00000784. The number of nitrogens with zero attached hydrogens (tertiary/aromatic N) is 1. The number of rotatable bonds is 14. The first-order valence-electron chi connectivity index (χ1n) is 10.9. The summed E-state index contributed by atoms with van der Waals surface area (Å²) >= 11 is 3.63. The van der Waals surface area contributed by atoms with Crippen LogP contribution in [-0.2, 0) is 16.0 Å². The highest BCUT2D eigenvalue weighted by Gasteiger charge is 2.26. The lowest BCUT2D eigenvalue weighted by Crippen LogP contribution is -3.00. The van der Waals surface area contributed by atoms with Crippen molar-refractivity contribution in [3.8, 4) is 0 Å². The fourth-order valence-corrected chi connectivity index (χ4v) is 3.77. The van der Waals surface area contributed by atoms with Crippen LogP contribution in [0.25, 0.3) is 0 Å². The molecule has 0 amide bonds. The van der Waals surface area contributed by atoms with Crippen LogP contribution >= 0.6 is 15.9 Å². The Morgan fingerprint density at radius 3 is 2.34 bits per heavy atom. The number of benzene rings is 1. The first kappa shape index (κ1) is 28.2. The largest absolute Gasteiger partial charge is 1.00 e. The standard InChI is InChI=1S/C24H39BrNO2.ClH/c1-5-8-9-10-13-18-28-24(27)20-26(6-2,7-3)17-16-21(4)19-22-14-11-12-15-23(22)25;/h11-12,14-16H,5-10,13,17-20H2,1-4H3;1H/q+1;/p-1/b21-16-;. The molecule has 5 heteroatoms. The summed E-state index contributed by atoms with van der Waals surface area (Å²) in [6.07, 6.45) is 9.10. The number of quaternary nitrogens is 1. The lowest BCUT2D eigenvalue weighted by atomic mass is 10.1. The molecule has 3 nitrogen and oxygen atoms in total. The second-order valence-electron chi connectivity index (χ2n) is 7.77. The summed E-state index contributed by atoms with van der Waals surface area (Å²) in [5.74, 6) is -0.0592. The van der Waals surface area contributed by atoms with Crippen molar-refractivity contribution in [2.75, 3.05) is 32.8 Å². The maximum absolute atomic E-state index is 12.4. The van der Waals surface area contributed by atoms with E-state index in [9.17, 15) is 4.79 Å². The molecule has 29 heavy (non-hydrogen) atoms. The number of carbonyl (C=O) groups excluding carboxylic acids is 1. The Morgan fingerprint density at radius 2 is 1.72 bits per heavy atom. The van der Waals surface area contributed by atoms with Gasteiger partial charge >= 0.3 is 5.97 Å². The average Bonchev–Trinajstić information content (AvgIpc) is 2.69. The van der Waals surface area contributed by atoms with Crippen molar-refractivity contribution in [2.24, 2.45) is 0 Å². The summed E-state index contributed by atoms with van der Waals surface area (Å²) in [5, 5.41) is 0. The Morgan fingerprint density at radius 1 is 1.07 bits per heavy atom. The molecular weight excluding hydrogens is 450 g/mol. The van der Waals surface area contributed by atoms with E-state index in [2.05, 4.69) is 67.9 Å². The van der Waals surface area contributed by atoms with Crippen LogP contribution in [0.15, 0.2) is 40.4 Å². The zero-order valence-electron chi connectivity index (χ0n) is 18.7. The second kappa shape index (κ2) is 15.9. The van der Waals surface area contributed by atoms with Gasteiger partial charge in [0.05, 0.1) is 26.2 Å². The molecule has 0 N–H and O–H groups in total. The number of hydrogen-bond donors (Lipinski definition) is 0. The van der Waals surface area contributed by atoms with E-state index in [1.165, 1.54) is 30.4 Å². The minimum atomic E-state index is -0.0592. The fraction of sp³-hybridized carbons (Fsp3) is 0.625. The molecule has 0 fully saturated rings. The highest BCUT2D eigenvalue weighted by molar-refractivity contribution is 9.10. The molecular formula is C24H39BrClNO2. The quantitative estimate of drug-likeness (QED) is 0.174. The minimum Gasteiger partial charge on any atom is -1.00 e. The molecule has 0 saturated carbocycles. The van der Waals surface area contributed by atoms with Crippen LogP contribution in [0.5, 0.6) is 0 Å². The predicted molar refractivity (Wildman–Crippen MR) is 122 cm³/mol. The molecule has 1 aromatic carbocycles. The van der Waals surface area contributed by atoms with Crippen LogP contribution in [0, 0.1) is 0 Å². The van der Waals surface area contributed by atoms with Gasteiger partial charge in [0.1, 0.15) is 0 Å². The predicted octanol–water partition coefficient (Wildman–Crippen LogP) is 3.31. The Kier molecular flexibility index (Phi) is 15.5. The average molecular weight is 489 g/mol. The molecule has 1 rings (SSSR count). The molecule has 0 unspecified atom stereocenters. The third-order valence-electron chi connectivity index (χ3n) is 5.57. The minimum absolute atomic E-state index is 0. The maximum atomic E-state index is 12.4. The molecule has 0 saturated heterocycles. The molecule has 0 heterocycles. The van der Waals surface area contributed by atoms with Gasteiger partial charge in [0.25, 0.3) is 0 Å². The van der Waals surface area contributed by atoms with Crippen LogP contribution in [-0.4, -0.2) is 43.2 Å². The van der Waals surface area contributed by atoms with Gasteiger partial charge in [-0.1, -0.05) is 72.3 Å². The summed E-state index contributed by atoms with van der Waals surface area (Å²) in [6.45, 7) is 12.5. The number of carbonyl (C=O) groups is 1. The molecule has 0 aromatic heterocycles. The van der Waals surface area contributed by atoms with Crippen LogP contribution < -0.4 is 12.4 Å². The lowest BCUT2D eigenvalue weighted by Gasteiger charge is -2.35. The van der Waals surface area contributed by atoms with Crippen LogP contribution in [0.2, 0.25) is 0 Å². The number of halogens is 2. The van der Waals surface area contributed by atoms with Gasteiger partial charge in [-0.2, -0.15) is 0 Å². The van der Waals surface area contributed by atoms with E-state index in [4.69, 9.17) is 4.74 Å². The molecule has 0 spiro atoms. The number of likely N-dealkylation sites (N-methyl/N-ethyl adjacent to an activating group) is 1. The molecule has 1 aromatic rings. The molecule has 0 radical (unpaired) electrons. The van der Waals surface area contributed by atoms with Gasteiger partial charge in [0.15, 0.2) is 6.54 Å². The smallest absolute Gasteiger partial charge is 0.361 e. The van der Waals surface area contributed by atoms with E-state index in [0.29, 0.717) is 13.2 Å². The van der Waals surface area contributed by atoms with Gasteiger partial charge in [0, 0.05) is 4.47 Å². The lowest BCUT2D eigenvalue weighted by molar-refractivity contribution is -0.912. The van der Waals surface area contributed by atoms with Crippen LogP contribution in [0.3, 0.4) is 0 Å². The molecule has 0 bridgehead atoms. The van der Waals surface area contributed by atoms with E-state index in [0.717, 1.165) is 47.9 Å². The SMILES string of the molecule is CCCCCCCOC(=O)C[N+](CC)(CC)C/C=C(/C)Cc1ccccc1Br.[Cl-]. The number of allylic oxidation sites excluding steroid dienone is 1. The van der Waals surface area contributed by atoms with Gasteiger partial charge in [-0.15, -0.1) is 0 Å². The summed E-state index contributed by atoms with van der Waals surface area (Å²) < 4.78 is 7.42. The van der Waals surface area contributed by atoms with E-state index >= 15 is 0 Å². The molecule has 166 valence electrons. The summed E-state index contributed by atoms with van der Waals surface area (Å²) in [6, 6.07) is 8.35. The Labute approximate surface area is 193 Å². The molecule has 0 atom stereocenters. The van der Waals surface area contributed by atoms with Crippen molar-refractivity contribution >= 4 is 21.9 Å². The molecule has 0 aliphatic heterocycles. The van der Waals surface area contributed by atoms with Crippen molar-refractivity contribution in [1.29, 1.82) is 0 Å². The van der Waals surface area contributed by atoms with Crippen LogP contribution in [0.1, 0.15) is 65.4 Å². The summed E-state index contributed by atoms with van der Waals surface area (Å²) in [4.78, 5) is 12.4. The van der Waals surface area contributed by atoms with Crippen molar-refractivity contribution in [3.05, 3.63) is 46.0 Å². The van der Waals surface area contributed by atoms with E-state index in [-0.39, 0.29) is 18.4 Å². The molecule has 0 aliphatic rings. The van der Waals surface area contributed by atoms with Gasteiger partial charge in [-0.3, -0.25) is 0 Å². The van der Waals surface area contributed by atoms with E-state index in [1.807, 2.05) is 6.07 Å². The fourth-order valence-electron chi connectivity index (χ4n) is 3.34. The topological polar surface area (TPSA) is 26.3 Å². The normalized spacial score (nSPS) is 11.8. The van der Waals surface area contributed by atoms with Crippen molar-refractivity contribution in [3.63, 3.8) is 0 Å².